The highest BCUT2D eigenvalue weighted by Crippen LogP contribution is 2.16. The van der Waals surface area contributed by atoms with Crippen LogP contribution in [0.3, 0.4) is 0 Å². The lowest BCUT2D eigenvalue weighted by Crippen LogP contribution is -2.15. The summed E-state index contributed by atoms with van der Waals surface area (Å²) in [7, 11) is -3.77. The van der Waals surface area contributed by atoms with Gasteiger partial charge >= 0.3 is 0 Å². The van der Waals surface area contributed by atoms with Crippen molar-refractivity contribution in [2.24, 2.45) is 0 Å². The van der Waals surface area contributed by atoms with Gasteiger partial charge in [-0.1, -0.05) is 11.6 Å². The Labute approximate surface area is 115 Å². The predicted octanol–water partition coefficient (Wildman–Crippen LogP) is 1.94. The van der Waals surface area contributed by atoms with Crippen LogP contribution < -0.4 is 4.72 Å². The van der Waals surface area contributed by atoms with Crippen LogP contribution in [-0.2, 0) is 10.0 Å². The molecule has 0 aromatic carbocycles. The summed E-state index contributed by atoms with van der Waals surface area (Å²) in [6.45, 7) is 3.52. The normalized spacial score (nSPS) is 11.3. The van der Waals surface area contributed by atoms with Crippen LogP contribution in [0.25, 0.3) is 0 Å². The van der Waals surface area contributed by atoms with Crippen molar-refractivity contribution in [3.63, 3.8) is 0 Å². The number of nitrogens with zero attached hydrogens (tertiary/aromatic N) is 3. The topological polar surface area (TPSA) is 84.8 Å². The molecular weight excluding hydrogens is 288 g/mol. The summed E-state index contributed by atoms with van der Waals surface area (Å²) in [6.07, 6.45) is 1.32. The molecule has 8 heteroatoms. The molecule has 0 radical (unpaired) electrons. The Hall–Kier alpha value is -1.73. The monoisotopic (exact) mass is 298 g/mol. The SMILES string of the molecule is Cc1cc(C)nc(NS(=O)(=O)c2ccnc(Cl)c2)n1. The van der Waals surface area contributed by atoms with Gasteiger partial charge in [0.2, 0.25) is 5.95 Å². The molecule has 2 aromatic rings. The highest BCUT2D eigenvalue weighted by Gasteiger charge is 2.16. The Kier molecular flexibility index (Phi) is 3.68. The summed E-state index contributed by atoms with van der Waals surface area (Å²) < 4.78 is 26.5. The van der Waals surface area contributed by atoms with Crippen LogP contribution in [0.4, 0.5) is 5.95 Å². The first-order valence-corrected chi connectivity index (χ1v) is 7.19. The van der Waals surface area contributed by atoms with Gasteiger partial charge in [0.25, 0.3) is 10.0 Å². The standard InChI is InChI=1S/C11H11ClN4O2S/c1-7-5-8(2)15-11(14-7)16-19(17,18)9-3-4-13-10(12)6-9/h3-6H,1-2H3,(H,14,15,16). The quantitative estimate of drug-likeness (QED) is 0.875. The summed E-state index contributed by atoms with van der Waals surface area (Å²) in [5.41, 5.74) is 1.36. The van der Waals surface area contributed by atoms with Crippen LogP contribution in [0.2, 0.25) is 5.15 Å². The van der Waals surface area contributed by atoms with Crippen molar-refractivity contribution < 1.29 is 8.42 Å². The Bertz CT molecular complexity index is 698. The lowest BCUT2D eigenvalue weighted by atomic mass is 10.4. The van der Waals surface area contributed by atoms with Gasteiger partial charge < -0.3 is 0 Å². The van der Waals surface area contributed by atoms with E-state index in [4.69, 9.17) is 11.6 Å². The Balaban J connectivity index is 2.36. The number of hydrogen-bond acceptors (Lipinski definition) is 5. The molecule has 6 nitrogen and oxygen atoms in total. The maximum Gasteiger partial charge on any atom is 0.264 e. The van der Waals surface area contributed by atoms with Crippen molar-refractivity contribution in [1.82, 2.24) is 15.0 Å². The van der Waals surface area contributed by atoms with Crippen molar-refractivity contribution in [3.05, 3.63) is 40.9 Å². The van der Waals surface area contributed by atoms with Gasteiger partial charge in [-0.15, -0.1) is 0 Å². The molecule has 0 bridgehead atoms. The average Bonchev–Trinajstić information content (AvgIpc) is 2.26. The first kappa shape index (κ1) is 13.7. The molecule has 0 aliphatic rings. The third-order valence-electron chi connectivity index (χ3n) is 2.22. The van der Waals surface area contributed by atoms with Gasteiger partial charge in [-0.2, -0.15) is 0 Å². The van der Waals surface area contributed by atoms with E-state index in [-0.39, 0.29) is 16.0 Å². The maximum absolute atomic E-state index is 12.1. The highest BCUT2D eigenvalue weighted by atomic mass is 35.5. The molecule has 0 amide bonds. The number of rotatable bonds is 3. The molecule has 2 aromatic heterocycles. The molecule has 0 unspecified atom stereocenters. The minimum Gasteiger partial charge on any atom is -0.247 e. The van der Waals surface area contributed by atoms with E-state index in [0.29, 0.717) is 11.4 Å². The molecule has 0 fully saturated rings. The molecule has 2 heterocycles. The number of nitrogens with one attached hydrogen (secondary N) is 1. The zero-order valence-corrected chi connectivity index (χ0v) is 11.8. The van der Waals surface area contributed by atoms with Gasteiger partial charge in [0.1, 0.15) is 5.15 Å². The molecule has 100 valence electrons. The summed E-state index contributed by atoms with van der Waals surface area (Å²) >= 11 is 5.67. The second-order valence-electron chi connectivity index (χ2n) is 3.89. The van der Waals surface area contributed by atoms with Gasteiger partial charge in [-0.3, -0.25) is 0 Å². The van der Waals surface area contributed by atoms with Gasteiger partial charge in [-0.25, -0.2) is 28.1 Å². The number of sulfonamides is 1. The third kappa shape index (κ3) is 3.39. The Morgan fingerprint density at radius 2 is 1.79 bits per heavy atom. The highest BCUT2D eigenvalue weighted by molar-refractivity contribution is 7.92. The molecule has 19 heavy (non-hydrogen) atoms. The largest absolute Gasteiger partial charge is 0.264 e. The molecule has 0 saturated carbocycles. The van der Waals surface area contributed by atoms with Gasteiger partial charge in [-0.05, 0) is 32.0 Å². The molecule has 0 aliphatic carbocycles. The van der Waals surface area contributed by atoms with E-state index in [1.165, 1.54) is 18.3 Å². The molecular formula is C11H11ClN4O2S. The zero-order valence-electron chi connectivity index (χ0n) is 10.3. The summed E-state index contributed by atoms with van der Waals surface area (Å²) in [5.74, 6) is 0.0328. The van der Waals surface area contributed by atoms with E-state index in [0.717, 1.165) is 0 Å². The Morgan fingerprint density at radius 1 is 1.16 bits per heavy atom. The van der Waals surface area contributed by atoms with Crippen LogP contribution in [0.1, 0.15) is 11.4 Å². The number of pyridine rings is 1. The maximum atomic E-state index is 12.1. The lowest BCUT2D eigenvalue weighted by Gasteiger charge is -2.07. The molecule has 1 N–H and O–H groups in total. The fourth-order valence-corrected chi connectivity index (χ4v) is 2.70. The first-order valence-electron chi connectivity index (χ1n) is 5.33. The summed E-state index contributed by atoms with van der Waals surface area (Å²) in [5, 5.41) is 0.101. The molecule has 0 saturated heterocycles. The van der Waals surface area contributed by atoms with E-state index in [1.54, 1.807) is 19.9 Å². The molecule has 0 atom stereocenters. The smallest absolute Gasteiger partial charge is 0.247 e. The molecule has 2 rings (SSSR count). The van der Waals surface area contributed by atoms with E-state index >= 15 is 0 Å². The fraction of sp³-hybridized carbons (Fsp3) is 0.182. The van der Waals surface area contributed by atoms with Gasteiger partial charge in [0.05, 0.1) is 4.90 Å². The molecule has 0 spiro atoms. The van der Waals surface area contributed by atoms with E-state index < -0.39 is 10.0 Å². The van der Waals surface area contributed by atoms with Crippen molar-refractivity contribution in [3.8, 4) is 0 Å². The van der Waals surface area contributed by atoms with Crippen LogP contribution in [0, 0.1) is 13.8 Å². The van der Waals surface area contributed by atoms with Gasteiger partial charge in [0, 0.05) is 17.6 Å². The minimum atomic E-state index is -3.77. The second kappa shape index (κ2) is 5.10. The zero-order chi connectivity index (χ0) is 14.0. The number of hydrogen-bond donors (Lipinski definition) is 1. The van der Waals surface area contributed by atoms with Crippen LogP contribution in [0.5, 0.6) is 0 Å². The van der Waals surface area contributed by atoms with Crippen molar-refractivity contribution >= 4 is 27.6 Å². The van der Waals surface area contributed by atoms with Crippen molar-refractivity contribution in [2.75, 3.05) is 4.72 Å². The summed E-state index contributed by atoms with van der Waals surface area (Å²) in [4.78, 5) is 11.8. The van der Waals surface area contributed by atoms with Crippen molar-refractivity contribution in [1.29, 1.82) is 0 Å². The minimum absolute atomic E-state index is 0.00950. The summed E-state index contributed by atoms with van der Waals surface area (Å²) in [6, 6.07) is 4.35. The van der Waals surface area contributed by atoms with E-state index in [1.807, 2.05) is 0 Å². The fourth-order valence-electron chi connectivity index (χ4n) is 1.50. The number of halogens is 1. The second-order valence-corrected chi connectivity index (χ2v) is 5.96. The lowest BCUT2D eigenvalue weighted by molar-refractivity contribution is 0.600. The first-order chi connectivity index (χ1) is 8.87. The van der Waals surface area contributed by atoms with Crippen LogP contribution in [0.15, 0.2) is 29.3 Å². The van der Waals surface area contributed by atoms with E-state index in [9.17, 15) is 8.42 Å². The third-order valence-corrected chi connectivity index (χ3v) is 3.75. The number of aromatic nitrogens is 3. The van der Waals surface area contributed by atoms with Crippen LogP contribution >= 0.6 is 11.6 Å². The van der Waals surface area contributed by atoms with Crippen LogP contribution in [-0.4, -0.2) is 23.4 Å². The Morgan fingerprint density at radius 3 is 2.37 bits per heavy atom. The predicted molar refractivity (Wildman–Crippen MR) is 71.6 cm³/mol. The number of anilines is 1. The number of aryl methyl sites for hydroxylation is 2. The average molecular weight is 299 g/mol. The molecule has 0 aliphatic heterocycles. The van der Waals surface area contributed by atoms with Crippen molar-refractivity contribution in [2.45, 2.75) is 18.7 Å². The van der Waals surface area contributed by atoms with E-state index in [2.05, 4.69) is 19.7 Å². The van der Waals surface area contributed by atoms with Gasteiger partial charge in [0.15, 0.2) is 0 Å².